The summed E-state index contributed by atoms with van der Waals surface area (Å²) in [6, 6.07) is 7.29. The quantitative estimate of drug-likeness (QED) is 0.820. The Balaban J connectivity index is 2.01. The molecule has 0 fully saturated rings. The molecule has 0 bridgehead atoms. The number of carbonyl (C=O) groups excluding carboxylic acids is 1. The summed E-state index contributed by atoms with van der Waals surface area (Å²) in [7, 11) is 0. The molecule has 4 nitrogen and oxygen atoms in total. The van der Waals surface area contributed by atoms with Crippen molar-refractivity contribution in [3.05, 3.63) is 53.3 Å². The van der Waals surface area contributed by atoms with E-state index in [1.54, 1.807) is 24.5 Å². The SMILES string of the molecule is O=C(/C=C/c1ccccc1Cl)Nc1ncc[nH]1. The Kier molecular flexibility index (Phi) is 3.57. The van der Waals surface area contributed by atoms with Gasteiger partial charge in [0.15, 0.2) is 0 Å². The number of halogens is 1. The van der Waals surface area contributed by atoms with Crippen LogP contribution in [0.4, 0.5) is 5.95 Å². The second-order valence-corrected chi connectivity index (χ2v) is 3.69. The predicted octanol–water partition coefficient (Wildman–Crippen LogP) is 2.71. The minimum atomic E-state index is -0.264. The number of hydrogen-bond donors (Lipinski definition) is 2. The van der Waals surface area contributed by atoms with Gasteiger partial charge >= 0.3 is 0 Å². The molecular weight excluding hydrogens is 238 g/mol. The van der Waals surface area contributed by atoms with Crippen molar-refractivity contribution in [2.75, 3.05) is 5.32 Å². The highest BCUT2D eigenvalue weighted by Gasteiger charge is 1.99. The predicted molar refractivity (Wildman–Crippen MR) is 67.7 cm³/mol. The lowest BCUT2D eigenvalue weighted by Crippen LogP contribution is -2.08. The zero-order valence-corrected chi connectivity index (χ0v) is 9.61. The highest BCUT2D eigenvalue weighted by Crippen LogP contribution is 2.16. The molecule has 0 radical (unpaired) electrons. The maximum atomic E-state index is 11.5. The van der Waals surface area contributed by atoms with Crippen LogP contribution in [-0.4, -0.2) is 15.9 Å². The Labute approximate surface area is 103 Å². The highest BCUT2D eigenvalue weighted by molar-refractivity contribution is 6.32. The monoisotopic (exact) mass is 247 g/mol. The molecule has 0 spiro atoms. The summed E-state index contributed by atoms with van der Waals surface area (Å²) < 4.78 is 0. The molecule has 0 aliphatic rings. The Morgan fingerprint density at radius 3 is 2.94 bits per heavy atom. The summed E-state index contributed by atoms with van der Waals surface area (Å²) in [6.45, 7) is 0. The van der Waals surface area contributed by atoms with E-state index in [9.17, 15) is 4.79 Å². The van der Waals surface area contributed by atoms with Crippen LogP contribution in [-0.2, 0) is 4.79 Å². The number of benzene rings is 1. The molecule has 2 rings (SSSR count). The molecule has 17 heavy (non-hydrogen) atoms. The van der Waals surface area contributed by atoms with Crippen molar-refractivity contribution in [1.82, 2.24) is 9.97 Å². The van der Waals surface area contributed by atoms with Crippen molar-refractivity contribution < 1.29 is 4.79 Å². The first kappa shape index (κ1) is 11.4. The molecule has 0 saturated carbocycles. The Bertz CT molecular complexity index is 534. The van der Waals surface area contributed by atoms with E-state index in [1.807, 2.05) is 18.2 Å². The van der Waals surface area contributed by atoms with E-state index < -0.39 is 0 Å². The Morgan fingerprint density at radius 2 is 2.24 bits per heavy atom. The van der Waals surface area contributed by atoms with Crippen LogP contribution in [0.3, 0.4) is 0 Å². The number of aromatic nitrogens is 2. The Hall–Kier alpha value is -2.07. The van der Waals surface area contributed by atoms with Gasteiger partial charge in [-0.05, 0) is 17.7 Å². The number of nitrogens with one attached hydrogen (secondary N) is 2. The number of hydrogen-bond acceptors (Lipinski definition) is 2. The van der Waals surface area contributed by atoms with E-state index in [2.05, 4.69) is 15.3 Å². The minimum absolute atomic E-state index is 0.264. The lowest BCUT2D eigenvalue weighted by atomic mass is 10.2. The van der Waals surface area contributed by atoms with E-state index in [0.717, 1.165) is 5.56 Å². The van der Waals surface area contributed by atoms with Crippen LogP contribution in [0.5, 0.6) is 0 Å². The molecule has 5 heteroatoms. The Morgan fingerprint density at radius 1 is 1.41 bits per heavy atom. The van der Waals surface area contributed by atoms with Gasteiger partial charge < -0.3 is 4.98 Å². The van der Waals surface area contributed by atoms with Gasteiger partial charge in [-0.15, -0.1) is 0 Å². The number of nitrogens with zero attached hydrogens (tertiary/aromatic N) is 1. The maximum absolute atomic E-state index is 11.5. The third kappa shape index (κ3) is 3.19. The second-order valence-electron chi connectivity index (χ2n) is 3.28. The number of carbonyl (C=O) groups is 1. The van der Waals surface area contributed by atoms with Gasteiger partial charge in [-0.3, -0.25) is 10.1 Å². The molecule has 2 N–H and O–H groups in total. The molecule has 86 valence electrons. The summed E-state index contributed by atoms with van der Waals surface area (Å²) in [5.74, 6) is 0.152. The summed E-state index contributed by atoms with van der Waals surface area (Å²) in [4.78, 5) is 18.1. The largest absolute Gasteiger partial charge is 0.331 e. The van der Waals surface area contributed by atoms with Gasteiger partial charge in [-0.2, -0.15) is 0 Å². The number of rotatable bonds is 3. The van der Waals surface area contributed by atoms with E-state index in [0.29, 0.717) is 11.0 Å². The lowest BCUT2D eigenvalue weighted by molar-refractivity contribution is -0.111. The number of amides is 1. The normalized spacial score (nSPS) is 10.6. The zero-order chi connectivity index (χ0) is 12.1. The van der Waals surface area contributed by atoms with Crippen molar-refractivity contribution in [3.63, 3.8) is 0 Å². The minimum Gasteiger partial charge on any atom is -0.331 e. The first-order chi connectivity index (χ1) is 8.25. The van der Waals surface area contributed by atoms with Crippen LogP contribution in [0.2, 0.25) is 5.02 Å². The first-order valence-corrected chi connectivity index (χ1v) is 5.36. The zero-order valence-electron chi connectivity index (χ0n) is 8.85. The maximum Gasteiger partial charge on any atom is 0.250 e. The molecule has 1 aromatic heterocycles. The molecular formula is C12H10ClN3O. The molecule has 0 atom stereocenters. The molecule has 1 amide bonds. The standard InChI is InChI=1S/C12H10ClN3O/c13-10-4-2-1-3-9(10)5-6-11(17)16-12-14-7-8-15-12/h1-8H,(H2,14,15,16,17)/b6-5+. The fraction of sp³-hybridized carbons (Fsp3) is 0. The van der Waals surface area contributed by atoms with Gasteiger partial charge in [0, 0.05) is 23.5 Å². The van der Waals surface area contributed by atoms with Gasteiger partial charge in [0.25, 0.3) is 5.91 Å². The average Bonchev–Trinajstić information content (AvgIpc) is 2.81. The van der Waals surface area contributed by atoms with Crippen molar-refractivity contribution in [1.29, 1.82) is 0 Å². The summed E-state index contributed by atoms with van der Waals surface area (Å²) in [5, 5.41) is 3.18. The highest BCUT2D eigenvalue weighted by atomic mass is 35.5. The molecule has 0 saturated heterocycles. The van der Waals surface area contributed by atoms with Gasteiger partial charge in [0.1, 0.15) is 0 Å². The van der Waals surface area contributed by atoms with Crippen LogP contribution in [0.15, 0.2) is 42.7 Å². The number of aromatic amines is 1. The fourth-order valence-electron chi connectivity index (χ4n) is 1.27. The van der Waals surface area contributed by atoms with Gasteiger partial charge in [0.2, 0.25) is 5.95 Å². The van der Waals surface area contributed by atoms with E-state index in [1.165, 1.54) is 6.08 Å². The topological polar surface area (TPSA) is 57.8 Å². The van der Waals surface area contributed by atoms with Crippen LogP contribution in [0, 0.1) is 0 Å². The van der Waals surface area contributed by atoms with Crippen LogP contribution in [0.1, 0.15) is 5.56 Å². The third-order valence-corrected chi connectivity index (χ3v) is 2.40. The van der Waals surface area contributed by atoms with Crippen LogP contribution in [0.25, 0.3) is 6.08 Å². The molecule has 0 aliphatic carbocycles. The van der Waals surface area contributed by atoms with Gasteiger partial charge in [-0.1, -0.05) is 29.8 Å². The van der Waals surface area contributed by atoms with Crippen LogP contribution >= 0.6 is 11.6 Å². The third-order valence-electron chi connectivity index (χ3n) is 2.06. The van der Waals surface area contributed by atoms with E-state index in [4.69, 9.17) is 11.6 Å². The fourth-order valence-corrected chi connectivity index (χ4v) is 1.47. The average molecular weight is 248 g/mol. The van der Waals surface area contributed by atoms with E-state index >= 15 is 0 Å². The second kappa shape index (κ2) is 5.32. The number of imidazole rings is 1. The molecule has 1 heterocycles. The van der Waals surface area contributed by atoms with Crippen molar-refractivity contribution in [2.45, 2.75) is 0 Å². The molecule has 0 unspecified atom stereocenters. The molecule has 2 aromatic rings. The number of H-pyrrole nitrogens is 1. The molecule has 0 aliphatic heterocycles. The van der Waals surface area contributed by atoms with Crippen LogP contribution < -0.4 is 5.32 Å². The summed E-state index contributed by atoms with van der Waals surface area (Å²) >= 11 is 5.95. The van der Waals surface area contributed by atoms with Crippen molar-refractivity contribution in [2.24, 2.45) is 0 Å². The molecule has 1 aromatic carbocycles. The smallest absolute Gasteiger partial charge is 0.250 e. The van der Waals surface area contributed by atoms with Gasteiger partial charge in [-0.25, -0.2) is 4.98 Å². The first-order valence-electron chi connectivity index (χ1n) is 4.98. The van der Waals surface area contributed by atoms with Crippen molar-refractivity contribution >= 4 is 29.5 Å². The lowest BCUT2D eigenvalue weighted by Gasteiger charge is -1.97. The summed E-state index contributed by atoms with van der Waals surface area (Å²) in [6.07, 6.45) is 6.26. The van der Waals surface area contributed by atoms with Gasteiger partial charge in [0.05, 0.1) is 0 Å². The van der Waals surface area contributed by atoms with Crippen molar-refractivity contribution in [3.8, 4) is 0 Å². The summed E-state index contributed by atoms with van der Waals surface area (Å²) in [5.41, 5.74) is 0.795. The number of anilines is 1. The van der Waals surface area contributed by atoms with E-state index in [-0.39, 0.29) is 5.91 Å².